The van der Waals surface area contributed by atoms with Gasteiger partial charge in [-0.25, -0.2) is 0 Å². The van der Waals surface area contributed by atoms with Crippen LogP contribution in [0, 0.1) is 4.77 Å². The van der Waals surface area contributed by atoms with E-state index in [2.05, 4.69) is 31.0 Å². The number of aromatic nitrogens is 2. The molecule has 6 heteroatoms. The summed E-state index contributed by atoms with van der Waals surface area (Å²) in [5, 5.41) is 0.790. The number of hydrogen-bond donors (Lipinski definition) is 1. The zero-order chi connectivity index (χ0) is 17.6. The molecule has 3 aromatic rings. The minimum atomic E-state index is -0.241. The summed E-state index contributed by atoms with van der Waals surface area (Å²) in [7, 11) is 0. The predicted octanol–water partition coefficient (Wildman–Crippen LogP) is 4.21. The molecule has 4 rings (SSSR count). The molecule has 4 nitrogen and oxygen atoms in total. The van der Waals surface area contributed by atoms with Crippen molar-refractivity contribution >= 4 is 33.8 Å². The minimum Gasteiger partial charge on any atom is -0.370 e. The number of fused-ring (bicyclic) bond motifs is 3. The van der Waals surface area contributed by atoms with Crippen LogP contribution in [-0.4, -0.2) is 15.2 Å². The maximum atomic E-state index is 13.2. The number of thiophene rings is 1. The Morgan fingerprint density at radius 2 is 2.08 bits per heavy atom. The van der Waals surface area contributed by atoms with E-state index in [4.69, 9.17) is 17.0 Å². The van der Waals surface area contributed by atoms with Gasteiger partial charge in [-0.05, 0) is 43.6 Å². The van der Waals surface area contributed by atoms with Crippen molar-refractivity contribution < 1.29 is 4.74 Å². The van der Waals surface area contributed by atoms with Crippen LogP contribution in [0.1, 0.15) is 29.9 Å². The Kier molecular flexibility index (Phi) is 4.14. The third kappa shape index (κ3) is 3.10. The van der Waals surface area contributed by atoms with Gasteiger partial charge >= 0.3 is 0 Å². The van der Waals surface area contributed by atoms with Crippen LogP contribution < -0.4 is 5.56 Å². The van der Waals surface area contributed by atoms with Crippen molar-refractivity contribution in [2.45, 2.75) is 45.4 Å². The topological polar surface area (TPSA) is 47.0 Å². The number of H-pyrrole nitrogens is 1. The Morgan fingerprint density at radius 1 is 1.32 bits per heavy atom. The Labute approximate surface area is 155 Å². The zero-order valence-electron chi connectivity index (χ0n) is 14.3. The summed E-state index contributed by atoms with van der Waals surface area (Å²) in [6.45, 7) is 5.28. The van der Waals surface area contributed by atoms with Gasteiger partial charge in [0.1, 0.15) is 4.83 Å². The molecule has 1 aliphatic heterocycles. The van der Waals surface area contributed by atoms with Gasteiger partial charge in [-0.2, -0.15) is 0 Å². The Morgan fingerprint density at radius 3 is 2.84 bits per heavy atom. The number of aryl methyl sites for hydroxylation is 1. The Balaban J connectivity index is 1.78. The summed E-state index contributed by atoms with van der Waals surface area (Å²) in [5.41, 5.74) is 2.10. The number of hydrogen-bond acceptors (Lipinski definition) is 4. The highest BCUT2D eigenvalue weighted by atomic mass is 32.1. The third-order valence-electron chi connectivity index (χ3n) is 4.68. The molecule has 1 N–H and O–H groups in total. The average molecular weight is 373 g/mol. The average Bonchev–Trinajstić information content (AvgIpc) is 2.91. The molecule has 0 bridgehead atoms. The summed E-state index contributed by atoms with van der Waals surface area (Å²) >= 11 is 7.04. The van der Waals surface area contributed by atoms with E-state index in [9.17, 15) is 4.79 Å². The first-order valence-electron chi connectivity index (χ1n) is 8.40. The second kappa shape index (κ2) is 6.20. The molecule has 0 radical (unpaired) electrons. The number of nitrogens with zero attached hydrogens (tertiary/aromatic N) is 1. The lowest BCUT2D eigenvalue weighted by Crippen LogP contribution is -2.32. The van der Waals surface area contributed by atoms with Gasteiger partial charge in [0.2, 0.25) is 0 Å². The maximum Gasteiger partial charge on any atom is 0.263 e. The second-order valence-electron chi connectivity index (χ2n) is 7.06. The summed E-state index contributed by atoms with van der Waals surface area (Å²) < 4.78 is 8.08. The molecule has 0 amide bonds. The zero-order valence-corrected chi connectivity index (χ0v) is 15.9. The van der Waals surface area contributed by atoms with Crippen molar-refractivity contribution in [1.82, 2.24) is 9.55 Å². The number of rotatable bonds is 3. The molecule has 0 unspecified atom stereocenters. The van der Waals surface area contributed by atoms with Crippen LogP contribution in [0.25, 0.3) is 10.2 Å². The molecule has 0 atom stereocenters. The van der Waals surface area contributed by atoms with Crippen LogP contribution in [0.15, 0.2) is 35.1 Å². The molecular weight excluding hydrogens is 352 g/mol. The highest BCUT2D eigenvalue weighted by Gasteiger charge is 2.30. The van der Waals surface area contributed by atoms with Crippen molar-refractivity contribution in [3.05, 3.63) is 61.5 Å². The quantitative estimate of drug-likeness (QED) is 0.701. The second-order valence-corrected chi connectivity index (χ2v) is 8.55. The van der Waals surface area contributed by atoms with Gasteiger partial charge in [0.05, 0.1) is 17.6 Å². The number of nitrogens with one attached hydrogen (secondary N) is 1. The number of aromatic amines is 1. The van der Waals surface area contributed by atoms with Crippen molar-refractivity contribution in [2.75, 3.05) is 0 Å². The summed E-state index contributed by atoms with van der Waals surface area (Å²) in [4.78, 5) is 18.4. The SMILES string of the molecule is CC1(C)Cc2c(sc3[nH]c(=S)n(CCc4ccccc4)c(=O)c23)CO1. The van der Waals surface area contributed by atoms with E-state index in [1.807, 2.05) is 18.2 Å². The minimum absolute atomic E-state index is 0.0184. The first-order chi connectivity index (χ1) is 11.9. The fraction of sp³-hybridized carbons (Fsp3) is 0.368. The highest BCUT2D eigenvalue weighted by Crippen LogP contribution is 2.36. The maximum absolute atomic E-state index is 13.2. The largest absolute Gasteiger partial charge is 0.370 e. The van der Waals surface area contributed by atoms with E-state index in [0.29, 0.717) is 17.9 Å². The van der Waals surface area contributed by atoms with Gasteiger partial charge in [0.25, 0.3) is 5.56 Å². The number of benzene rings is 1. The fourth-order valence-corrected chi connectivity index (χ4v) is 4.81. The van der Waals surface area contributed by atoms with Crippen LogP contribution in [0.3, 0.4) is 0 Å². The lowest BCUT2D eigenvalue weighted by atomic mass is 9.94. The molecule has 0 saturated carbocycles. The third-order valence-corrected chi connectivity index (χ3v) is 6.12. The van der Waals surface area contributed by atoms with Gasteiger partial charge in [-0.15, -0.1) is 11.3 Å². The summed E-state index contributed by atoms with van der Waals surface area (Å²) in [5.74, 6) is 0. The van der Waals surface area contributed by atoms with Gasteiger partial charge < -0.3 is 9.72 Å². The van der Waals surface area contributed by atoms with Crippen molar-refractivity contribution in [2.24, 2.45) is 0 Å². The molecular formula is C19H20N2O2S2. The predicted molar refractivity (Wildman–Crippen MR) is 104 cm³/mol. The smallest absolute Gasteiger partial charge is 0.263 e. The molecule has 2 aromatic heterocycles. The molecule has 0 fully saturated rings. The molecule has 130 valence electrons. The van der Waals surface area contributed by atoms with E-state index in [1.54, 1.807) is 15.9 Å². The summed E-state index contributed by atoms with van der Waals surface area (Å²) in [6.07, 6.45) is 1.53. The van der Waals surface area contributed by atoms with Crippen molar-refractivity contribution in [3.8, 4) is 0 Å². The highest BCUT2D eigenvalue weighted by molar-refractivity contribution is 7.71. The van der Waals surface area contributed by atoms with Crippen LogP contribution in [-0.2, 0) is 30.7 Å². The van der Waals surface area contributed by atoms with Crippen LogP contribution in [0.4, 0.5) is 0 Å². The van der Waals surface area contributed by atoms with Crippen LogP contribution >= 0.6 is 23.6 Å². The van der Waals surface area contributed by atoms with E-state index in [0.717, 1.165) is 33.5 Å². The fourth-order valence-electron chi connectivity index (χ4n) is 3.35. The molecule has 3 heterocycles. The van der Waals surface area contributed by atoms with Crippen molar-refractivity contribution in [3.63, 3.8) is 0 Å². The van der Waals surface area contributed by atoms with Gasteiger partial charge in [-0.3, -0.25) is 9.36 Å². The molecule has 0 aliphatic carbocycles. The van der Waals surface area contributed by atoms with E-state index >= 15 is 0 Å². The summed E-state index contributed by atoms with van der Waals surface area (Å²) in [6, 6.07) is 10.2. The normalized spacial score (nSPS) is 16.1. The Bertz CT molecular complexity index is 1040. The van der Waals surface area contributed by atoms with Gasteiger partial charge in [-0.1, -0.05) is 30.3 Å². The van der Waals surface area contributed by atoms with E-state index in [1.165, 1.54) is 5.56 Å². The standard InChI is InChI=1S/C19H20N2O2S2/c1-19(2)10-13-14(11-23-19)25-16-15(13)17(22)21(18(24)20-16)9-8-12-6-4-3-5-7-12/h3-7H,8-11H2,1-2H3,(H,20,24). The van der Waals surface area contributed by atoms with Gasteiger partial charge in [0.15, 0.2) is 4.77 Å². The molecule has 0 saturated heterocycles. The lowest BCUT2D eigenvalue weighted by molar-refractivity contribution is -0.0379. The molecule has 1 aliphatic rings. The van der Waals surface area contributed by atoms with E-state index < -0.39 is 0 Å². The number of ether oxygens (including phenoxy) is 1. The Hall–Kier alpha value is -1.76. The first-order valence-corrected chi connectivity index (χ1v) is 9.62. The molecule has 1 aromatic carbocycles. The van der Waals surface area contributed by atoms with Crippen molar-refractivity contribution in [1.29, 1.82) is 0 Å². The van der Waals surface area contributed by atoms with Gasteiger partial charge in [0, 0.05) is 17.8 Å². The first kappa shape index (κ1) is 16.7. The van der Waals surface area contributed by atoms with E-state index in [-0.39, 0.29) is 11.2 Å². The van der Waals surface area contributed by atoms with Crippen LogP contribution in [0.5, 0.6) is 0 Å². The van der Waals surface area contributed by atoms with Crippen LogP contribution in [0.2, 0.25) is 0 Å². The molecule has 25 heavy (non-hydrogen) atoms. The molecule has 0 spiro atoms. The monoisotopic (exact) mass is 372 g/mol. The lowest BCUT2D eigenvalue weighted by Gasteiger charge is -2.29.